The first-order valence-corrected chi connectivity index (χ1v) is 12.3. The normalized spacial score (nSPS) is 19.1. The molecule has 0 spiro atoms. The van der Waals surface area contributed by atoms with Crippen LogP contribution in [0.3, 0.4) is 0 Å². The van der Waals surface area contributed by atoms with Gasteiger partial charge in [-0.2, -0.15) is 0 Å². The van der Waals surface area contributed by atoms with Crippen molar-refractivity contribution in [3.63, 3.8) is 0 Å². The number of ether oxygens (including phenoxy) is 2. The Morgan fingerprint density at radius 3 is 2.42 bits per heavy atom. The lowest BCUT2D eigenvalue weighted by atomic mass is 9.83. The van der Waals surface area contributed by atoms with Crippen molar-refractivity contribution in [2.75, 3.05) is 6.61 Å². The molecule has 0 aliphatic carbocycles. The zero-order chi connectivity index (χ0) is 23.2. The molecular weight excluding hydrogens is 388 g/mol. The lowest BCUT2D eigenvalue weighted by Gasteiger charge is -2.39. The van der Waals surface area contributed by atoms with Crippen LogP contribution in [0.15, 0.2) is 0 Å². The smallest absolute Gasteiger partial charge is 0.341 e. The number of benzene rings is 1. The molecule has 2 unspecified atom stereocenters. The Morgan fingerprint density at radius 1 is 1.13 bits per heavy atom. The summed E-state index contributed by atoms with van der Waals surface area (Å²) in [6.45, 7) is 15.1. The van der Waals surface area contributed by atoms with Gasteiger partial charge in [-0.25, -0.2) is 4.79 Å². The van der Waals surface area contributed by atoms with Gasteiger partial charge in [0, 0.05) is 11.1 Å². The van der Waals surface area contributed by atoms with E-state index < -0.39 is 5.97 Å². The number of fused-ring (bicyclic) bond motifs is 1. The Hall–Kier alpha value is -1.71. The lowest BCUT2D eigenvalue weighted by molar-refractivity contribution is -0.139. The van der Waals surface area contributed by atoms with Crippen LogP contribution in [0.5, 0.6) is 11.5 Å². The monoisotopic (exact) mass is 432 g/mol. The lowest BCUT2D eigenvalue weighted by Crippen LogP contribution is -2.37. The summed E-state index contributed by atoms with van der Waals surface area (Å²) in [4.78, 5) is 11.0. The molecule has 31 heavy (non-hydrogen) atoms. The zero-order valence-corrected chi connectivity index (χ0v) is 20.9. The van der Waals surface area contributed by atoms with Crippen LogP contribution in [-0.4, -0.2) is 23.3 Å². The fourth-order valence-electron chi connectivity index (χ4n) is 4.88. The average Bonchev–Trinajstić information content (AvgIpc) is 2.69. The van der Waals surface area contributed by atoms with Gasteiger partial charge in [0.1, 0.15) is 17.1 Å². The van der Waals surface area contributed by atoms with E-state index in [0.29, 0.717) is 0 Å². The van der Waals surface area contributed by atoms with Gasteiger partial charge in [-0.3, -0.25) is 0 Å². The first kappa shape index (κ1) is 25.5. The topological polar surface area (TPSA) is 55.8 Å². The highest BCUT2D eigenvalue weighted by molar-refractivity contribution is 5.69. The summed E-state index contributed by atoms with van der Waals surface area (Å²) in [5, 5.41) is 9.05. The maximum absolute atomic E-state index is 11.0. The van der Waals surface area contributed by atoms with E-state index in [2.05, 4.69) is 41.5 Å². The summed E-state index contributed by atoms with van der Waals surface area (Å²) < 4.78 is 12.4. The standard InChI is InChI=1S/C27H44O4/c1-8-22-23-14-16-27(7,15-10-13-19(4)12-9-11-18(2)3)31-26(23)21(6)20(5)25(22)30-17-24(28)29/h18-19H,8-17H2,1-7H3,(H,28,29). The van der Waals surface area contributed by atoms with Crippen LogP contribution < -0.4 is 9.47 Å². The molecule has 1 N–H and O–H groups in total. The largest absolute Gasteiger partial charge is 0.487 e. The minimum absolute atomic E-state index is 0.129. The molecule has 1 aliphatic heterocycles. The van der Waals surface area contributed by atoms with Gasteiger partial charge in [-0.05, 0) is 75.8 Å². The number of rotatable bonds is 12. The third kappa shape index (κ3) is 6.89. The molecule has 0 amide bonds. The number of aliphatic carboxylic acids is 1. The second-order valence-electron chi connectivity index (χ2n) is 10.3. The van der Waals surface area contributed by atoms with Crippen LogP contribution in [0.2, 0.25) is 0 Å². The van der Waals surface area contributed by atoms with Crippen molar-refractivity contribution in [2.24, 2.45) is 11.8 Å². The molecule has 4 heteroatoms. The molecule has 1 heterocycles. The van der Waals surface area contributed by atoms with Crippen molar-refractivity contribution in [1.29, 1.82) is 0 Å². The molecule has 2 rings (SSSR count). The third-order valence-corrected chi connectivity index (χ3v) is 6.98. The van der Waals surface area contributed by atoms with Crippen molar-refractivity contribution < 1.29 is 19.4 Å². The Morgan fingerprint density at radius 2 is 1.81 bits per heavy atom. The van der Waals surface area contributed by atoms with Crippen LogP contribution in [0.4, 0.5) is 0 Å². The number of carboxylic acid groups (broad SMARTS) is 1. The van der Waals surface area contributed by atoms with Crippen molar-refractivity contribution in [1.82, 2.24) is 0 Å². The second kappa shape index (κ2) is 11.2. The highest BCUT2D eigenvalue weighted by Crippen LogP contribution is 2.45. The average molecular weight is 433 g/mol. The van der Waals surface area contributed by atoms with Gasteiger partial charge >= 0.3 is 5.97 Å². The third-order valence-electron chi connectivity index (χ3n) is 6.98. The highest BCUT2D eigenvalue weighted by Gasteiger charge is 2.35. The molecule has 0 bridgehead atoms. The van der Waals surface area contributed by atoms with Gasteiger partial charge in [-0.15, -0.1) is 0 Å². The molecule has 1 aromatic carbocycles. The molecule has 2 atom stereocenters. The van der Waals surface area contributed by atoms with Gasteiger partial charge in [0.15, 0.2) is 6.61 Å². The summed E-state index contributed by atoms with van der Waals surface area (Å²) in [5.74, 6) is 2.39. The number of carboxylic acids is 1. The maximum atomic E-state index is 11.0. The summed E-state index contributed by atoms with van der Waals surface area (Å²) in [5.41, 5.74) is 4.28. The molecule has 0 saturated heterocycles. The SMILES string of the molecule is CCc1c2c(c(C)c(C)c1OCC(=O)O)OC(C)(CCCC(C)CCCC(C)C)CC2. The predicted octanol–water partition coefficient (Wildman–Crippen LogP) is 7.05. The van der Waals surface area contributed by atoms with Gasteiger partial charge in [-0.1, -0.05) is 53.4 Å². The van der Waals surface area contributed by atoms with E-state index in [1.165, 1.54) is 37.7 Å². The Kier molecular flexibility index (Phi) is 9.27. The number of hydrogen-bond donors (Lipinski definition) is 1. The molecule has 0 saturated carbocycles. The minimum Gasteiger partial charge on any atom is -0.487 e. The fourth-order valence-corrected chi connectivity index (χ4v) is 4.88. The van der Waals surface area contributed by atoms with Gasteiger partial charge in [0.2, 0.25) is 0 Å². The maximum Gasteiger partial charge on any atom is 0.341 e. The van der Waals surface area contributed by atoms with E-state index >= 15 is 0 Å². The summed E-state index contributed by atoms with van der Waals surface area (Å²) in [7, 11) is 0. The minimum atomic E-state index is -0.945. The Bertz CT molecular complexity index is 752. The van der Waals surface area contributed by atoms with E-state index in [1.54, 1.807) is 0 Å². The zero-order valence-electron chi connectivity index (χ0n) is 20.9. The van der Waals surface area contributed by atoms with Crippen LogP contribution in [-0.2, 0) is 17.6 Å². The first-order chi connectivity index (χ1) is 14.6. The van der Waals surface area contributed by atoms with Crippen LogP contribution >= 0.6 is 0 Å². The molecular formula is C27H44O4. The fraction of sp³-hybridized carbons (Fsp3) is 0.741. The number of hydrogen-bond acceptors (Lipinski definition) is 3. The summed E-state index contributed by atoms with van der Waals surface area (Å²) >= 11 is 0. The molecule has 176 valence electrons. The van der Waals surface area contributed by atoms with E-state index in [-0.39, 0.29) is 12.2 Å². The van der Waals surface area contributed by atoms with E-state index in [0.717, 1.165) is 65.7 Å². The van der Waals surface area contributed by atoms with Crippen molar-refractivity contribution >= 4 is 5.97 Å². The Balaban J connectivity index is 2.06. The summed E-state index contributed by atoms with van der Waals surface area (Å²) in [6, 6.07) is 0. The molecule has 0 radical (unpaired) electrons. The van der Waals surface area contributed by atoms with Crippen LogP contribution in [0.1, 0.15) is 102 Å². The molecule has 0 aromatic heterocycles. The van der Waals surface area contributed by atoms with Crippen molar-refractivity contribution in [2.45, 2.75) is 112 Å². The van der Waals surface area contributed by atoms with E-state index in [1.807, 2.05) is 6.92 Å². The molecule has 1 aromatic rings. The Labute approximate surface area is 189 Å². The van der Waals surface area contributed by atoms with Gasteiger partial charge < -0.3 is 14.6 Å². The van der Waals surface area contributed by atoms with Gasteiger partial charge in [0.05, 0.1) is 0 Å². The van der Waals surface area contributed by atoms with Crippen molar-refractivity contribution in [3.05, 3.63) is 22.3 Å². The molecule has 4 nitrogen and oxygen atoms in total. The predicted molar refractivity (Wildman–Crippen MR) is 127 cm³/mol. The van der Waals surface area contributed by atoms with E-state index in [9.17, 15) is 4.79 Å². The van der Waals surface area contributed by atoms with Crippen LogP contribution in [0, 0.1) is 25.7 Å². The summed E-state index contributed by atoms with van der Waals surface area (Å²) in [6.07, 6.45) is 10.3. The van der Waals surface area contributed by atoms with Gasteiger partial charge in [0.25, 0.3) is 0 Å². The molecule has 0 fully saturated rings. The second-order valence-corrected chi connectivity index (χ2v) is 10.3. The van der Waals surface area contributed by atoms with Crippen LogP contribution in [0.25, 0.3) is 0 Å². The molecule has 1 aliphatic rings. The number of carbonyl (C=O) groups is 1. The van der Waals surface area contributed by atoms with Crippen molar-refractivity contribution in [3.8, 4) is 11.5 Å². The van der Waals surface area contributed by atoms with E-state index in [4.69, 9.17) is 14.6 Å². The quantitative estimate of drug-likeness (QED) is 0.384. The highest BCUT2D eigenvalue weighted by atomic mass is 16.5. The first-order valence-electron chi connectivity index (χ1n) is 12.3.